The molecule has 29 heavy (non-hydrogen) atoms. The molecule has 0 heterocycles. The number of nitrogens with two attached hydrogens (primary N) is 1. The van der Waals surface area contributed by atoms with E-state index in [1.807, 2.05) is 12.1 Å². The average Bonchev–Trinajstić information content (AvgIpc) is 2.91. The number of halogens is 1. The quantitative estimate of drug-likeness (QED) is 0.464. The maximum atomic E-state index is 11.2. The molecule has 0 unspecified atom stereocenters. The molecule has 6 atom stereocenters. The summed E-state index contributed by atoms with van der Waals surface area (Å²) in [5.41, 5.74) is 2.56. The largest absolute Gasteiger partial charge is 0.392 e. The Kier molecular flexibility index (Phi) is 6.06. The maximum Gasteiger partial charge on any atom is 0.380 e. The van der Waals surface area contributed by atoms with E-state index in [0.717, 1.165) is 43.9 Å². The van der Waals surface area contributed by atoms with Crippen molar-refractivity contribution < 1.29 is 17.7 Å². The Hall–Kier alpha value is -0.630. The van der Waals surface area contributed by atoms with Crippen LogP contribution in [0.5, 0.6) is 5.75 Å². The lowest BCUT2D eigenvalue weighted by Crippen LogP contribution is -2.44. The molecule has 0 amide bonds. The first kappa shape index (κ1) is 21.6. The van der Waals surface area contributed by atoms with Crippen LogP contribution in [0.3, 0.4) is 0 Å². The Morgan fingerprint density at radius 2 is 2.10 bits per heavy atom. The highest BCUT2D eigenvalue weighted by atomic mass is 79.9. The number of aliphatic hydroxyl groups is 1. The van der Waals surface area contributed by atoms with Crippen LogP contribution < -0.4 is 9.32 Å². The van der Waals surface area contributed by atoms with Crippen LogP contribution in [0.1, 0.15) is 68.9 Å². The summed E-state index contributed by atoms with van der Waals surface area (Å²) in [7, 11) is -4.00. The molecular weight excluding hydrogens is 454 g/mol. The van der Waals surface area contributed by atoms with Gasteiger partial charge in [-0.15, -0.1) is 0 Å². The van der Waals surface area contributed by atoms with Crippen LogP contribution >= 0.6 is 15.9 Å². The number of aliphatic hydroxyl groups excluding tert-OH is 1. The molecule has 5 nitrogen and oxygen atoms in total. The van der Waals surface area contributed by atoms with E-state index in [4.69, 9.17) is 9.32 Å². The minimum absolute atomic E-state index is 0.0361. The summed E-state index contributed by atoms with van der Waals surface area (Å²) in [5, 5.41) is 17.2. The predicted octanol–water partition coefficient (Wildman–Crippen LogP) is 4.28. The molecule has 0 aliphatic heterocycles. The molecule has 0 radical (unpaired) electrons. The van der Waals surface area contributed by atoms with E-state index >= 15 is 0 Å². The highest BCUT2D eigenvalue weighted by Gasteiger charge is 2.57. The first-order chi connectivity index (χ1) is 13.7. The van der Waals surface area contributed by atoms with Gasteiger partial charge in [0.25, 0.3) is 0 Å². The third-order valence-electron chi connectivity index (χ3n) is 7.99. The molecule has 0 saturated heterocycles. The van der Waals surface area contributed by atoms with E-state index in [0.29, 0.717) is 29.4 Å². The molecule has 0 aromatic heterocycles. The molecule has 2 saturated carbocycles. The van der Waals surface area contributed by atoms with Crippen molar-refractivity contribution in [3.63, 3.8) is 0 Å². The number of benzene rings is 1. The molecule has 1 aromatic rings. The smallest absolute Gasteiger partial charge is 0.380 e. The van der Waals surface area contributed by atoms with Crippen molar-refractivity contribution in [3.05, 3.63) is 29.3 Å². The predicted molar refractivity (Wildman–Crippen MR) is 117 cm³/mol. The van der Waals surface area contributed by atoms with Crippen LogP contribution in [-0.4, -0.2) is 25.0 Å². The SMILES string of the molecule is C[C@]12CC[C@@H]3c4ccc(OS(N)(=O)=O)cc4CC[C@H]3[C@@H]1C[C@@H](CCCCBr)[C@@H]2O. The number of hydrogen-bond donors (Lipinski definition) is 2. The topological polar surface area (TPSA) is 89.6 Å². The van der Waals surface area contributed by atoms with Gasteiger partial charge in [-0.05, 0) is 97.3 Å². The average molecular weight is 486 g/mol. The zero-order valence-corrected chi connectivity index (χ0v) is 19.4. The molecule has 0 spiro atoms. The van der Waals surface area contributed by atoms with Gasteiger partial charge >= 0.3 is 10.3 Å². The van der Waals surface area contributed by atoms with E-state index in [-0.39, 0.29) is 11.5 Å². The summed E-state index contributed by atoms with van der Waals surface area (Å²) in [6.45, 7) is 2.32. The van der Waals surface area contributed by atoms with Gasteiger partial charge in [0, 0.05) is 5.33 Å². The van der Waals surface area contributed by atoms with Crippen molar-refractivity contribution in [2.75, 3.05) is 5.33 Å². The lowest BCUT2D eigenvalue weighted by atomic mass is 9.55. The van der Waals surface area contributed by atoms with Gasteiger partial charge in [-0.3, -0.25) is 0 Å². The summed E-state index contributed by atoms with van der Waals surface area (Å²) in [5.74, 6) is 2.39. The number of rotatable bonds is 6. The highest BCUT2D eigenvalue weighted by molar-refractivity contribution is 9.09. The molecule has 3 aliphatic carbocycles. The molecule has 7 heteroatoms. The Morgan fingerprint density at radius 3 is 2.83 bits per heavy atom. The minimum atomic E-state index is -4.00. The van der Waals surface area contributed by atoms with E-state index < -0.39 is 10.3 Å². The van der Waals surface area contributed by atoms with Crippen molar-refractivity contribution >= 4 is 26.2 Å². The third-order valence-corrected chi connectivity index (χ3v) is 8.97. The van der Waals surface area contributed by atoms with Gasteiger partial charge in [0.1, 0.15) is 5.75 Å². The van der Waals surface area contributed by atoms with Crippen LogP contribution in [-0.2, 0) is 16.7 Å². The van der Waals surface area contributed by atoms with Crippen LogP contribution in [0.15, 0.2) is 18.2 Å². The van der Waals surface area contributed by atoms with Gasteiger partial charge in [-0.1, -0.05) is 35.3 Å². The summed E-state index contributed by atoms with van der Waals surface area (Å²) in [4.78, 5) is 0. The Balaban J connectivity index is 1.54. The van der Waals surface area contributed by atoms with Gasteiger partial charge in [0.2, 0.25) is 0 Å². The summed E-state index contributed by atoms with van der Waals surface area (Å²) in [6, 6.07) is 5.61. The van der Waals surface area contributed by atoms with E-state index in [9.17, 15) is 13.5 Å². The van der Waals surface area contributed by atoms with E-state index in [1.54, 1.807) is 6.07 Å². The zero-order chi connectivity index (χ0) is 20.8. The van der Waals surface area contributed by atoms with Crippen molar-refractivity contribution in [3.8, 4) is 5.75 Å². The Bertz CT molecular complexity index is 860. The fourth-order valence-electron chi connectivity index (χ4n) is 6.67. The normalized spacial score (nSPS) is 36.2. The number of alkyl halides is 1. The maximum absolute atomic E-state index is 11.2. The van der Waals surface area contributed by atoms with E-state index in [2.05, 4.69) is 22.9 Å². The lowest BCUT2D eigenvalue weighted by Gasteiger charge is -2.50. The summed E-state index contributed by atoms with van der Waals surface area (Å²) < 4.78 is 27.4. The zero-order valence-electron chi connectivity index (χ0n) is 17.0. The highest BCUT2D eigenvalue weighted by Crippen LogP contribution is 2.62. The molecule has 1 aromatic carbocycles. The fraction of sp³-hybridized carbons (Fsp3) is 0.727. The number of unbranched alkanes of at least 4 members (excludes halogenated alkanes) is 1. The van der Waals surface area contributed by atoms with Gasteiger partial charge in [0.15, 0.2) is 0 Å². The molecule has 4 rings (SSSR count). The molecule has 0 bridgehead atoms. The third kappa shape index (κ3) is 4.12. The summed E-state index contributed by atoms with van der Waals surface area (Å²) >= 11 is 3.52. The van der Waals surface area contributed by atoms with Crippen LogP contribution in [0, 0.1) is 23.2 Å². The van der Waals surface area contributed by atoms with Crippen molar-refractivity contribution in [1.29, 1.82) is 0 Å². The minimum Gasteiger partial charge on any atom is -0.392 e. The molecule has 2 fully saturated rings. The monoisotopic (exact) mass is 485 g/mol. The number of hydrogen-bond acceptors (Lipinski definition) is 4. The van der Waals surface area contributed by atoms with Crippen LogP contribution in [0.4, 0.5) is 0 Å². The second-order valence-electron chi connectivity index (χ2n) is 9.52. The van der Waals surface area contributed by atoms with Gasteiger partial charge in [-0.25, -0.2) is 0 Å². The van der Waals surface area contributed by atoms with Crippen LogP contribution in [0.2, 0.25) is 0 Å². The molecular formula is C22H32BrNO4S. The molecule has 162 valence electrons. The standard InChI is InChI=1S/C22H32BrNO4S/c1-22-10-9-18-17-8-6-16(28-29(24,26)27)12-14(17)5-7-19(18)20(22)13-15(21(22)25)4-2-3-11-23/h6,8,12,15,18-21,25H,2-5,7,9-11,13H2,1H3,(H2,24,26,27)/t15-,18-,19-,20+,21+,22+/m1/s1. The lowest BCUT2D eigenvalue weighted by molar-refractivity contribution is -0.0335. The first-order valence-corrected chi connectivity index (χ1v) is 13.4. The second kappa shape index (κ2) is 8.13. The van der Waals surface area contributed by atoms with Gasteiger partial charge in [-0.2, -0.15) is 13.6 Å². The van der Waals surface area contributed by atoms with Gasteiger partial charge < -0.3 is 9.29 Å². The Morgan fingerprint density at radius 1 is 1.31 bits per heavy atom. The number of fused-ring (bicyclic) bond motifs is 5. The van der Waals surface area contributed by atoms with E-state index in [1.165, 1.54) is 24.0 Å². The molecule has 3 N–H and O–H groups in total. The molecule has 3 aliphatic rings. The van der Waals surface area contributed by atoms with Crippen molar-refractivity contribution in [2.45, 2.75) is 70.3 Å². The fourth-order valence-corrected chi connectivity index (χ4v) is 7.44. The van der Waals surface area contributed by atoms with Crippen molar-refractivity contribution in [1.82, 2.24) is 0 Å². The van der Waals surface area contributed by atoms with Gasteiger partial charge in [0.05, 0.1) is 6.10 Å². The summed E-state index contributed by atoms with van der Waals surface area (Å²) in [6.07, 6.45) is 8.61. The number of aryl methyl sites for hydroxylation is 1. The second-order valence-corrected chi connectivity index (χ2v) is 11.5. The van der Waals surface area contributed by atoms with Crippen molar-refractivity contribution in [2.24, 2.45) is 28.3 Å². The Labute approximate surface area is 182 Å². The first-order valence-electron chi connectivity index (χ1n) is 10.8. The van der Waals surface area contributed by atoms with Crippen LogP contribution in [0.25, 0.3) is 0 Å².